The molecule has 1 atom stereocenters. The predicted molar refractivity (Wildman–Crippen MR) is 127 cm³/mol. The highest BCUT2D eigenvalue weighted by atomic mass is 32.2. The van der Waals surface area contributed by atoms with Gasteiger partial charge in [0.2, 0.25) is 10.0 Å². The molecule has 0 radical (unpaired) electrons. The summed E-state index contributed by atoms with van der Waals surface area (Å²) in [7, 11) is -3.62. The number of hydrogen-bond donors (Lipinski definition) is 2. The van der Waals surface area contributed by atoms with Crippen LogP contribution in [0.5, 0.6) is 0 Å². The Bertz CT molecular complexity index is 1280. The highest BCUT2D eigenvalue weighted by Crippen LogP contribution is 2.15. The second-order valence-corrected chi connectivity index (χ2v) is 9.34. The van der Waals surface area contributed by atoms with Crippen LogP contribution in [0.25, 0.3) is 17.0 Å². The Hall–Kier alpha value is -3.56. The molecule has 0 aliphatic carbocycles. The van der Waals surface area contributed by atoms with Gasteiger partial charge in [0, 0.05) is 23.2 Å². The number of esters is 1. The first-order chi connectivity index (χ1) is 15.6. The molecule has 0 fully saturated rings. The quantitative estimate of drug-likeness (QED) is 0.387. The second kappa shape index (κ2) is 10.4. The van der Waals surface area contributed by atoms with Gasteiger partial charge in [-0.3, -0.25) is 4.79 Å². The third kappa shape index (κ3) is 6.71. The Morgan fingerprint density at radius 2 is 1.67 bits per heavy atom. The minimum atomic E-state index is -3.62. The molecule has 172 valence electrons. The largest absolute Gasteiger partial charge is 0.449 e. The second-order valence-electron chi connectivity index (χ2n) is 7.63. The standard InChI is InChI=1S/C24H25N3O5S/c1-16(2)27-33(30,31)21-13-10-20(11-14-21)26-24(29)17(3)32-23(28)15-12-19-9-8-18-6-4-5-7-22(18)25-19/h4-17,27H,1-3H3,(H,26,29)/b15-12-/t17-/m0/s1. The van der Waals surface area contributed by atoms with E-state index in [0.717, 1.165) is 10.9 Å². The summed E-state index contributed by atoms with van der Waals surface area (Å²) in [5, 5.41) is 3.58. The lowest BCUT2D eigenvalue weighted by atomic mass is 10.2. The van der Waals surface area contributed by atoms with Crippen LogP contribution in [-0.2, 0) is 24.3 Å². The van der Waals surface area contributed by atoms with Crippen molar-refractivity contribution in [2.24, 2.45) is 0 Å². The van der Waals surface area contributed by atoms with Crippen molar-refractivity contribution in [1.82, 2.24) is 9.71 Å². The van der Waals surface area contributed by atoms with Crippen molar-refractivity contribution in [1.29, 1.82) is 0 Å². The lowest BCUT2D eigenvalue weighted by Crippen LogP contribution is -2.30. The number of rotatable bonds is 8. The first-order valence-corrected chi connectivity index (χ1v) is 11.8. The number of nitrogens with one attached hydrogen (secondary N) is 2. The van der Waals surface area contributed by atoms with Gasteiger partial charge in [-0.05, 0) is 63.2 Å². The molecule has 1 aromatic heterocycles. The van der Waals surface area contributed by atoms with Crippen LogP contribution in [0.3, 0.4) is 0 Å². The molecule has 3 rings (SSSR count). The number of ether oxygens (including phenoxy) is 1. The average Bonchev–Trinajstić information content (AvgIpc) is 2.77. The number of pyridine rings is 1. The van der Waals surface area contributed by atoms with Crippen molar-refractivity contribution >= 4 is 44.6 Å². The molecule has 33 heavy (non-hydrogen) atoms. The molecular formula is C24H25N3O5S. The number of carbonyl (C=O) groups excluding carboxylic acids is 2. The number of fused-ring (bicyclic) bond motifs is 1. The summed E-state index contributed by atoms with van der Waals surface area (Å²) < 4.78 is 32.0. The summed E-state index contributed by atoms with van der Waals surface area (Å²) in [6.07, 6.45) is 1.67. The monoisotopic (exact) mass is 467 g/mol. The van der Waals surface area contributed by atoms with E-state index >= 15 is 0 Å². The zero-order chi connectivity index (χ0) is 24.0. The van der Waals surface area contributed by atoms with E-state index in [1.807, 2.05) is 30.3 Å². The van der Waals surface area contributed by atoms with Gasteiger partial charge in [-0.15, -0.1) is 0 Å². The van der Waals surface area contributed by atoms with Gasteiger partial charge in [0.25, 0.3) is 5.91 Å². The van der Waals surface area contributed by atoms with Gasteiger partial charge < -0.3 is 10.1 Å². The Morgan fingerprint density at radius 3 is 2.36 bits per heavy atom. The fourth-order valence-electron chi connectivity index (χ4n) is 2.93. The van der Waals surface area contributed by atoms with E-state index in [-0.39, 0.29) is 10.9 Å². The number of carbonyl (C=O) groups is 2. The van der Waals surface area contributed by atoms with Crippen LogP contribution in [0.15, 0.2) is 71.6 Å². The molecular weight excluding hydrogens is 442 g/mol. The van der Waals surface area contributed by atoms with Gasteiger partial charge in [-0.1, -0.05) is 24.3 Å². The van der Waals surface area contributed by atoms with Crippen LogP contribution >= 0.6 is 0 Å². The van der Waals surface area contributed by atoms with Crippen molar-refractivity contribution < 1.29 is 22.7 Å². The minimum Gasteiger partial charge on any atom is -0.449 e. The van der Waals surface area contributed by atoms with Crippen LogP contribution in [0.2, 0.25) is 0 Å². The molecule has 9 heteroatoms. The van der Waals surface area contributed by atoms with Gasteiger partial charge in [0.05, 0.1) is 16.1 Å². The summed E-state index contributed by atoms with van der Waals surface area (Å²) in [5.74, 6) is -1.23. The molecule has 0 saturated heterocycles. The fraction of sp³-hybridized carbons (Fsp3) is 0.208. The van der Waals surface area contributed by atoms with E-state index in [2.05, 4.69) is 15.0 Å². The van der Waals surface area contributed by atoms with E-state index in [4.69, 9.17) is 4.74 Å². The van der Waals surface area contributed by atoms with E-state index in [9.17, 15) is 18.0 Å². The lowest BCUT2D eigenvalue weighted by Gasteiger charge is -2.13. The summed E-state index contributed by atoms with van der Waals surface area (Å²) in [6.45, 7) is 4.89. The molecule has 0 aliphatic heterocycles. The molecule has 1 amide bonds. The van der Waals surface area contributed by atoms with Crippen LogP contribution in [0.1, 0.15) is 26.5 Å². The van der Waals surface area contributed by atoms with Crippen molar-refractivity contribution in [3.63, 3.8) is 0 Å². The third-order valence-corrected chi connectivity index (χ3v) is 6.17. The smallest absolute Gasteiger partial charge is 0.331 e. The zero-order valence-electron chi connectivity index (χ0n) is 18.5. The van der Waals surface area contributed by atoms with Gasteiger partial charge in [-0.25, -0.2) is 22.9 Å². The molecule has 0 aliphatic rings. The Kier molecular flexibility index (Phi) is 7.57. The molecule has 3 aromatic rings. The summed E-state index contributed by atoms with van der Waals surface area (Å²) in [5.41, 5.74) is 1.77. The van der Waals surface area contributed by atoms with Crippen LogP contribution in [0, 0.1) is 0 Å². The average molecular weight is 468 g/mol. The topological polar surface area (TPSA) is 114 Å². The summed E-state index contributed by atoms with van der Waals surface area (Å²) in [4.78, 5) is 29.0. The van der Waals surface area contributed by atoms with Gasteiger partial charge in [0.15, 0.2) is 6.10 Å². The number of sulfonamides is 1. The van der Waals surface area contributed by atoms with Gasteiger partial charge in [0.1, 0.15) is 0 Å². The van der Waals surface area contributed by atoms with Crippen LogP contribution < -0.4 is 10.0 Å². The summed E-state index contributed by atoms with van der Waals surface area (Å²) in [6, 6.07) is 16.8. The number of aromatic nitrogens is 1. The molecule has 2 aromatic carbocycles. The number of anilines is 1. The number of para-hydroxylation sites is 1. The predicted octanol–water partition coefficient (Wildman–Crippen LogP) is 3.51. The van der Waals surface area contributed by atoms with Gasteiger partial charge in [-0.2, -0.15) is 0 Å². The summed E-state index contributed by atoms with van der Waals surface area (Å²) >= 11 is 0. The highest BCUT2D eigenvalue weighted by molar-refractivity contribution is 7.89. The maximum absolute atomic E-state index is 12.3. The van der Waals surface area contributed by atoms with E-state index in [1.165, 1.54) is 43.3 Å². The highest BCUT2D eigenvalue weighted by Gasteiger charge is 2.18. The first-order valence-electron chi connectivity index (χ1n) is 10.3. The van der Waals surface area contributed by atoms with Gasteiger partial charge >= 0.3 is 5.97 Å². The number of nitrogens with zero attached hydrogens (tertiary/aromatic N) is 1. The maximum Gasteiger partial charge on any atom is 0.331 e. The van der Waals surface area contributed by atoms with Crippen LogP contribution in [0.4, 0.5) is 5.69 Å². The Labute approximate surface area is 192 Å². The fourth-order valence-corrected chi connectivity index (χ4v) is 4.19. The number of amides is 1. The molecule has 0 saturated carbocycles. The molecule has 1 heterocycles. The Morgan fingerprint density at radius 1 is 0.970 bits per heavy atom. The first kappa shape index (κ1) is 24.1. The van der Waals surface area contributed by atoms with Crippen molar-refractivity contribution in [3.8, 4) is 0 Å². The lowest BCUT2D eigenvalue weighted by molar-refractivity contribution is -0.148. The normalized spacial score (nSPS) is 12.7. The maximum atomic E-state index is 12.3. The van der Waals surface area contributed by atoms with E-state index < -0.39 is 28.0 Å². The number of benzene rings is 2. The Balaban J connectivity index is 1.56. The van der Waals surface area contributed by atoms with Crippen molar-refractivity contribution in [2.75, 3.05) is 5.32 Å². The molecule has 8 nitrogen and oxygen atoms in total. The van der Waals surface area contributed by atoms with Crippen molar-refractivity contribution in [2.45, 2.75) is 37.8 Å². The molecule has 0 bridgehead atoms. The van der Waals surface area contributed by atoms with E-state index in [0.29, 0.717) is 11.4 Å². The third-order valence-electron chi connectivity index (χ3n) is 4.50. The number of hydrogen-bond acceptors (Lipinski definition) is 6. The zero-order valence-corrected chi connectivity index (χ0v) is 19.3. The van der Waals surface area contributed by atoms with Crippen LogP contribution in [-0.4, -0.2) is 37.4 Å². The minimum absolute atomic E-state index is 0.0844. The SMILES string of the molecule is CC(C)NS(=O)(=O)c1ccc(NC(=O)[C@H](C)OC(=O)/C=C\c2ccc3ccccc3n2)cc1. The molecule has 0 unspecified atom stereocenters. The molecule has 2 N–H and O–H groups in total. The van der Waals surface area contributed by atoms with Crippen molar-refractivity contribution in [3.05, 3.63) is 72.4 Å². The van der Waals surface area contributed by atoms with E-state index in [1.54, 1.807) is 19.9 Å². The molecule has 0 spiro atoms.